The van der Waals surface area contributed by atoms with E-state index in [0.29, 0.717) is 6.61 Å². The molecule has 1 heterocycles. The van der Waals surface area contributed by atoms with Gasteiger partial charge in [0.05, 0.1) is 0 Å². The van der Waals surface area contributed by atoms with Crippen LogP contribution in [0.25, 0.3) is 5.57 Å². The van der Waals surface area contributed by atoms with E-state index in [4.69, 9.17) is 4.74 Å². The van der Waals surface area contributed by atoms with E-state index in [9.17, 15) is 0 Å². The van der Waals surface area contributed by atoms with Crippen molar-refractivity contribution in [2.75, 3.05) is 6.61 Å². The summed E-state index contributed by atoms with van der Waals surface area (Å²) in [6.45, 7) is 0.678. The van der Waals surface area contributed by atoms with Crippen LogP contribution in [0.5, 0.6) is 5.75 Å². The maximum atomic E-state index is 5.62. The first-order chi connectivity index (χ1) is 7.95. The van der Waals surface area contributed by atoms with E-state index in [1.807, 2.05) is 12.1 Å². The van der Waals surface area contributed by atoms with Gasteiger partial charge in [0.1, 0.15) is 12.4 Å². The summed E-state index contributed by atoms with van der Waals surface area (Å²) < 4.78 is 5.62. The fourth-order valence-corrected chi connectivity index (χ4v) is 2.23. The molecule has 1 aromatic carbocycles. The van der Waals surface area contributed by atoms with Gasteiger partial charge < -0.3 is 4.74 Å². The molecule has 0 radical (unpaired) electrons. The zero-order chi connectivity index (χ0) is 10.8. The number of allylic oxidation sites excluding steroid dienone is 5. The van der Waals surface area contributed by atoms with E-state index in [0.717, 1.165) is 18.6 Å². The molecule has 0 N–H and O–H groups in total. The first kappa shape index (κ1) is 9.46. The number of benzene rings is 1. The van der Waals surface area contributed by atoms with Crippen LogP contribution >= 0.6 is 0 Å². The SMILES string of the molecule is C1=CC(C2=CCOc3ccccc32)=CCC1. The van der Waals surface area contributed by atoms with Crippen molar-refractivity contribution in [3.05, 3.63) is 59.7 Å². The Morgan fingerprint density at radius 1 is 1.00 bits per heavy atom. The Bertz CT molecular complexity index is 492. The Labute approximate surface area is 95.7 Å². The van der Waals surface area contributed by atoms with Crippen LogP contribution in [0.2, 0.25) is 0 Å². The molecule has 1 aliphatic carbocycles. The third kappa shape index (κ3) is 1.58. The van der Waals surface area contributed by atoms with E-state index >= 15 is 0 Å². The lowest BCUT2D eigenvalue weighted by molar-refractivity contribution is 0.357. The van der Waals surface area contributed by atoms with Gasteiger partial charge >= 0.3 is 0 Å². The van der Waals surface area contributed by atoms with Gasteiger partial charge in [0.15, 0.2) is 0 Å². The molecule has 3 rings (SSSR count). The predicted octanol–water partition coefficient (Wildman–Crippen LogP) is 3.74. The molecule has 0 atom stereocenters. The summed E-state index contributed by atoms with van der Waals surface area (Å²) in [6, 6.07) is 8.25. The zero-order valence-electron chi connectivity index (χ0n) is 9.15. The number of ether oxygens (including phenoxy) is 1. The standard InChI is InChI=1S/C15H14O/c1-2-6-12(7-3-1)13-10-11-16-15-9-5-4-8-14(13)15/h2,4-10H,1,3,11H2. The number of para-hydroxylation sites is 1. The third-order valence-corrected chi connectivity index (χ3v) is 3.01. The molecule has 0 saturated carbocycles. The quantitative estimate of drug-likeness (QED) is 0.686. The fraction of sp³-hybridized carbons (Fsp3) is 0.200. The van der Waals surface area contributed by atoms with Gasteiger partial charge in [-0.15, -0.1) is 0 Å². The summed E-state index contributed by atoms with van der Waals surface area (Å²) in [5, 5.41) is 0. The van der Waals surface area contributed by atoms with Gasteiger partial charge in [0.2, 0.25) is 0 Å². The Morgan fingerprint density at radius 2 is 1.94 bits per heavy atom. The molecule has 0 spiro atoms. The van der Waals surface area contributed by atoms with E-state index in [2.05, 4.69) is 36.4 Å². The summed E-state index contributed by atoms with van der Waals surface area (Å²) in [5.74, 6) is 1.000. The predicted molar refractivity (Wildman–Crippen MR) is 66.4 cm³/mol. The number of rotatable bonds is 1. The molecular formula is C15H14O. The highest BCUT2D eigenvalue weighted by atomic mass is 16.5. The lowest BCUT2D eigenvalue weighted by Gasteiger charge is -2.20. The van der Waals surface area contributed by atoms with Crippen molar-refractivity contribution in [1.29, 1.82) is 0 Å². The van der Waals surface area contributed by atoms with Crippen molar-refractivity contribution in [1.82, 2.24) is 0 Å². The number of hydrogen-bond acceptors (Lipinski definition) is 1. The van der Waals surface area contributed by atoms with Gasteiger partial charge in [-0.25, -0.2) is 0 Å². The molecule has 0 amide bonds. The molecule has 0 aromatic heterocycles. The average molecular weight is 210 g/mol. The second-order valence-electron chi connectivity index (χ2n) is 4.06. The van der Waals surface area contributed by atoms with Crippen LogP contribution in [0.3, 0.4) is 0 Å². The third-order valence-electron chi connectivity index (χ3n) is 3.01. The molecule has 1 nitrogen and oxygen atoms in total. The highest BCUT2D eigenvalue weighted by Gasteiger charge is 2.15. The molecule has 1 aliphatic heterocycles. The Morgan fingerprint density at radius 3 is 2.81 bits per heavy atom. The molecule has 80 valence electrons. The van der Waals surface area contributed by atoms with E-state index in [1.165, 1.54) is 16.7 Å². The summed E-state index contributed by atoms with van der Waals surface area (Å²) in [5.41, 5.74) is 3.87. The maximum absolute atomic E-state index is 5.62. The van der Waals surface area contributed by atoms with Gasteiger partial charge in [0.25, 0.3) is 0 Å². The van der Waals surface area contributed by atoms with Gasteiger partial charge in [-0.3, -0.25) is 0 Å². The van der Waals surface area contributed by atoms with Crippen LogP contribution < -0.4 is 4.74 Å². The average Bonchev–Trinajstić information content (AvgIpc) is 2.39. The summed E-state index contributed by atoms with van der Waals surface area (Å²) in [6.07, 6.45) is 11.3. The first-order valence-electron chi connectivity index (χ1n) is 5.74. The minimum Gasteiger partial charge on any atom is -0.489 e. The van der Waals surface area contributed by atoms with Crippen LogP contribution in [0.1, 0.15) is 18.4 Å². The monoisotopic (exact) mass is 210 g/mol. The van der Waals surface area contributed by atoms with E-state index < -0.39 is 0 Å². The molecule has 0 bridgehead atoms. The van der Waals surface area contributed by atoms with Crippen molar-refractivity contribution in [2.45, 2.75) is 12.8 Å². The smallest absolute Gasteiger partial charge is 0.127 e. The zero-order valence-corrected chi connectivity index (χ0v) is 9.15. The van der Waals surface area contributed by atoms with Crippen molar-refractivity contribution in [3.8, 4) is 5.75 Å². The van der Waals surface area contributed by atoms with Gasteiger partial charge in [-0.05, 0) is 36.1 Å². The van der Waals surface area contributed by atoms with Gasteiger partial charge in [-0.1, -0.05) is 36.4 Å². The Hall–Kier alpha value is -1.76. The molecule has 0 fully saturated rings. The van der Waals surface area contributed by atoms with Crippen LogP contribution in [-0.2, 0) is 0 Å². The summed E-state index contributed by atoms with van der Waals surface area (Å²) in [7, 11) is 0. The summed E-state index contributed by atoms with van der Waals surface area (Å²) in [4.78, 5) is 0. The molecule has 1 heteroatoms. The molecule has 0 unspecified atom stereocenters. The van der Waals surface area contributed by atoms with Crippen molar-refractivity contribution < 1.29 is 4.74 Å². The Kier molecular flexibility index (Phi) is 2.37. The summed E-state index contributed by atoms with van der Waals surface area (Å²) >= 11 is 0. The molecule has 2 aliphatic rings. The van der Waals surface area contributed by atoms with E-state index in [-0.39, 0.29) is 0 Å². The van der Waals surface area contributed by atoms with Crippen LogP contribution in [0.15, 0.2) is 54.1 Å². The van der Waals surface area contributed by atoms with Gasteiger partial charge in [-0.2, -0.15) is 0 Å². The highest BCUT2D eigenvalue weighted by molar-refractivity contribution is 5.85. The molecule has 16 heavy (non-hydrogen) atoms. The second-order valence-corrected chi connectivity index (χ2v) is 4.06. The fourth-order valence-electron chi connectivity index (χ4n) is 2.23. The maximum Gasteiger partial charge on any atom is 0.127 e. The molecule has 1 aromatic rings. The van der Waals surface area contributed by atoms with Crippen LogP contribution in [-0.4, -0.2) is 6.61 Å². The second kappa shape index (κ2) is 4.01. The first-order valence-corrected chi connectivity index (χ1v) is 5.74. The van der Waals surface area contributed by atoms with Crippen molar-refractivity contribution in [3.63, 3.8) is 0 Å². The largest absolute Gasteiger partial charge is 0.489 e. The van der Waals surface area contributed by atoms with Gasteiger partial charge in [0, 0.05) is 5.56 Å². The minimum absolute atomic E-state index is 0.678. The van der Waals surface area contributed by atoms with Crippen molar-refractivity contribution >= 4 is 5.57 Å². The molecular weight excluding hydrogens is 196 g/mol. The molecule has 0 saturated heterocycles. The topological polar surface area (TPSA) is 9.23 Å². The number of hydrogen-bond donors (Lipinski definition) is 0. The lowest BCUT2D eigenvalue weighted by Crippen LogP contribution is -2.05. The highest BCUT2D eigenvalue weighted by Crippen LogP contribution is 2.35. The minimum atomic E-state index is 0.678. The van der Waals surface area contributed by atoms with E-state index in [1.54, 1.807) is 0 Å². The van der Waals surface area contributed by atoms with Crippen molar-refractivity contribution in [2.24, 2.45) is 0 Å². The van der Waals surface area contributed by atoms with Crippen LogP contribution in [0, 0.1) is 0 Å². The lowest BCUT2D eigenvalue weighted by atomic mass is 9.92. The van der Waals surface area contributed by atoms with Crippen LogP contribution in [0.4, 0.5) is 0 Å². The Balaban J connectivity index is 2.05. The number of fused-ring (bicyclic) bond motifs is 1. The normalized spacial score (nSPS) is 18.2.